The molecule has 1 aromatic rings. The van der Waals surface area contributed by atoms with Gasteiger partial charge in [-0.25, -0.2) is 0 Å². The summed E-state index contributed by atoms with van der Waals surface area (Å²) < 4.78 is 5.19. The number of thiol groups is 1. The van der Waals surface area contributed by atoms with Gasteiger partial charge in [-0.1, -0.05) is 12.8 Å². The Bertz CT molecular complexity index is 371. The molecule has 1 saturated carbocycles. The van der Waals surface area contributed by atoms with E-state index < -0.39 is 0 Å². The van der Waals surface area contributed by atoms with Gasteiger partial charge in [0.2, 0.25) is 0 Å². The molecule has 1 aromatic carbocycles. The van der Waals surface area contributed by atoms with E-state index in [-0.39, 0.29) is 0 Å². The maximum absolute atomic E-state index is 5.19. The quantitative estimate of drug-likeness (QED) is 0.816. The minimum Gasteiger partial charge on any atom is -0.497 e. The Balaban J connectivity index is 2.03. The lowest BCUT2D eigenvalue weighted by Gasteiger charge is -2.33. The molecule has 0 heterocycles. The zero-order valence-corrected chi connectivity index (χ0v) is 12.2. The van der Waals surface area contributed by atoms with Crippen LogP contribution < -0.4 is 9.64 Å². The standard InChI is InChI=1S/C15H23NOS/c1-16(11-15(12-18)9-3-4-10-15)13-5-7-14(17-2)8-6-13/h5-8,18H,3-4,9-12H2,1-2H3. The molecule has 18 heavy (non-hydrogen) atoms. The van der Waals surface area contributed by atoms with Crippen LogP contribution in [-0.4, -0.2) is 26.5 Å². The van der Waals surface area contributed by atoms with E-state index in [0.717, 1.165) is 18.0 Å². The van der Waals surface area contributed by atoms with E-state index in [9.17, 15) is 0 Å². The van der Waals surface area contributed by atoms with E-state index in [1.54, 1.807) is 7.11 Å². The number of hydrogen-bond donors (Lipinski definition) is 1. The van der Waals surface area contributed by atoms with Gasteiger partial charge in [0, 0.05) is 19.3 Å². The first-order chi connectivity index (χ1) is 8.69. The average Bonchev–Trinajstić information content (AvgIpc) is 2.88. The SMILES string of the molecule is COc1ccc(N(C)CC2(CS)CCCC2)cc1. The average molecular weight is 265 g/mol. The molecule has 0 amide bonds. The number of hydrogen-bond acceptors (Lipinski definition) is 3. The smallest absolute Gasteiger partial charge is 0.119 e. The summed E-state index contributed by atoms with van der Waals surface area (Å²) in [7, 11) is 3.87. The molecule has 2 nitrogen and oxygen atoms in total. The van der Waals surface area contributed by atoms with Crippen LogP contribution in [0.25, 0.3) is 0 Å². The number of benzene rings is 1. The fraction of sp³-hybridized carbons (Fsp3) is 0.600. The monoisotopic (exact) mass is 265 g/mol. The van der Waals surface area contributed by atoms with Gasteiger partial charge in [0.15, 0.2) is 0 Å². The van der Waals surface area contributed by atoms with Gasteiger partial charge in [0.25, 0.3) is 0 Å². The molecule has 0 saturated heterocycles. The third-order valence-corrected chi connectivity index (χ3v) is 4.76. The molecule has 1 fully saturated rings. The van der Waals surface area contributed by atoms with E-state index in [4.69, 9.17) is 4.74 Å². The molecule has 0 aliphatic heterocycles. The fourth-order valence-electron chi connectivity index (χ4n) is 2.92. The molecule has 1 aliphatic rings. The Hall–Kier alpha value is -0.830. The third-order valence-electron chi connectivity index (χ3n) is 4.09. The van der Waals surface area contributed by atoms with Crippen LogP contribution in [0.4, 0.5) is 5.69 Å². The Morgan fingerprint density at radius 2 is 1.83 bits per heavy atom. The van der Waals surface area contributed by atoms with Crippen molar-refractivity contribution < 1.29 is 4.74 Å². The van der Waals surface area contributed by atoms with Crippen molar-refractivity contribution in [2.75, 3.05) is 31.4 Å². The van der Waals surface area contributed by atoms with Gasteiger partial charge in [0.1, 0.15) is 5.75 Å². The van der Waals surface area contributed by atoms with Crippen LogP contribution in [0.15, 0.2) is 24.3 Å². The lowest BCUT2D eigenvalue weighted by Crippen LogP contribution is -2.35. The molecule has 0 unspecified atom stereocenters. The van der Waals surface area contributed by atoms with E-state index in [0.29, 0.717) is 5.41 Å². The zero-order valence-electron chi connectivity index (χ0n) is 11.4. The maximum Gasteiger partial charge on any atom is 0.119 e. The Morgan fingerprint density at radius 1 is 1.22 bits per heavy atom. The molecule has 1 aliphatic carbocycles. The van der Waals surface area contributed by atoms with E-state index in [1.165, 1.54) is 31.4 Å². The Labute approximate surface area is 116 Å². The summed E-state index contributed by atoms with van der Waals surface area (Å²) in [6.07, 6.45) is 5.35. The fourth-order valence-corrected chi connectivity index (χ4v) is 3.34. The number of nitrogens with zero attached hydrogens (tertiary/aromatic N) is 1. The van der Waals surface area contributed by atoms with E-state index in [1.807, 2.05) is 12.1 Å². The zero-order chi connectivity index (χ0) is 13.0. The molecule has 100 valence electrons. The molecule has 0 atom stereocenters. The number of rotatable bonds is 5. The maximum atomic E-state index is 5.19. The molecule has 0 bridgehead atoms. The Kier molecular flexibility index (Phi) is 4.44. The van der Waals surface area contributed by atoms with Crippen molar-refractivity contribution in [2.45, 2.75) is 25.7 Å². The number of methoxy groups -OCH3 is 1. The lowest BCUT2D eigenvalue weighted by molar-refractivity contribution is 0.354. The van der Waals surface area contributed by atoms with Crippen molar-refractivity contribution in [3.05, 3.63) is 24.3 Å². The van der Waals surface area contributed by atoms with Crippen molar-refractivity contribution in [1.29, 1.82) is 0 Å². The van der Waals surface area contributed by atoms with Gasteiger partial charge in [0.05, 0.1) is 7.11 Å². The minimum atomic E-state index is 0.414. The summed E-state index contributed by atoms with van der Waals surface area (Å²) in [5.41, 5.74) is 1.67. The second kappa shape index (κ2) is 5.87. The highest BCUT2D eigenvalue weighted by atomic mass is 32.1. The predicted molar refractivity (Wildman–Crippen MR) is 81.0 cm³/mol. The molecule has 0 N–H and O–H groups in total. The van der Waals surface area contributed by atoms with Crippen molar-refractivity contribution in [1.82, 2.24) is 0 Å². The summed E-state index contributed by atoms with van der Waals surface area (Å²) in [5.74, 6) is 1.91. The Morgan fingerprint density at radius 3 is 2.33 bits per heavy atom. The molecule has 3 heteroatoms. The molecule has 0 aromatic heterocycles. The van der Waals surface area contributed by atoms with Crippen molar-refractivity contribution in [3.63, 3.8) is 0 Å². The third kappa shape index (κ3) is 2.94. The summed E-state index contributed by atoms with van der Waals surface area (Å²) in [6.45, 7) is 1.10. The van der Waals surface area contributed by atoms with E-state index >= 15 is 0 Å². The topological polar surface area (TPSA) is 12.5 Å². The van der Waals surface area contributed by atoms with Gasteiger partial charge in [-0.05, 0) is 48.3 Å². The van der Waals surface area contributed by atoms with Crippen LogP contribution in [0.5, 0.6) is 5.75 Å². The second-order valence-electron chi connectivity index (χ2n) is 5.42. The molecule has 2 rings (SSSR count). The highest BCUT2D eigenvalue weighted by molar-refractivity contribution is 7.80. The highest BCUT2D eigenvalue weighted by Gasteiger charge is 2.33. The second-order valence-corrected chi connectivity index (χ2v) is 5.74. The molecule has 0 spiro atoms. The van der Waals surface area contributed by atoms with Crippen LogP contribution in [0.1, 0.15) is 25.7 Å². The first kappa shape index (κ1) is 13.6. The molecule has 0 radical (unpaired) electrons. The van der Waals surface area contributed by atoms with Crippen LogP contribution >= 0.6 is 12.6 Å². The molecular formula is C15H23NOS. The van der Waals surface area contributed by atoms with Gasteiger partial charge >= 0.3 is 0 Å². The summed E-state index contributed by atoms with van der Waals surface area (Å²) in [4.78, 5) is 2.35. The summed E-state index contributed by atoms with van der Waals surface area (Å²) in [5, 5.41) is 0. The van der Waals surface area contributed by atoms with Gasteiger partial charge in [-0.15, -0.1) is 0 Å². The first-order valence-corrected chi connectivity index (χ1v) is 7.28. The van der Waals surface area contributed by atoms with Crippen LogP contribution in [0.2, 0.25) is 0 Å². The largest absolute Gasteiger partial charge is 0.497 e. The van der Waals surface area contributed by atoms with Crippen LogP contribution in [0, 0.1) is 5.41 Å². The van der Waals surface area contributed by atoms with Crippen molar-refractivity contribution in [2.24, 2.45) is 5.41 Å². The minimum absolute atomic E-state index is 0.414. The van der Waals surface area contributed by atoms with Gasteiger partial charge in [-0.2, -0.15) is 12.6 Å². The predicted octanol–water partition coefficient (Wildman–Crippen LogP) is 3.62. The first-order valence-electron chi connectivity index (χ1n) is 6.65. The van der Waals surface area contributed by atoms with Crippen LogP contribution in [0.3, 0.4) is 0 Å². The number of anilines is 1. The van der Waals surface area contributed by atoms with Crippen LogP contribution in [-0.2, 0) is 0 Å². The summed E-state index contributed by atoms with van der Waals surface area (Å²) >= 11 is 4.57. The van der Waals surface area contributed by atoms with Crippen molar-refractivity contribution in [3.8, 4) is 5.75 Å². The molecular weight excluding hydrogens is 242 g/mol. The van der Waals surface area contributed by atoms with E-state index in [2.05, 4.69) is 36.7 Å². The van der Waals surface area contributed by atoms with Gasteiger partial charge < -0.3 is 9.64 Å². The number of ether oxygens (including phenoxy) is 1. The summed E-state index contributed by atoms with van der Waals surface area (Å²) in [6, 6.07) is 8.29. The normalized spacial score (nSPS) is 17.7. The van der Waals surface area contributed by atoms with Crippen molar-refractivity contribution >= 4 is 18.3 Å². The highest BCUT2D eigenvalue weighted by Crippen LogP contribution is 2.40. The van der Waals surface area contributed by atoms with Gasteiger partial charge in [-0.3, -0.25) is 0 Å². The lowest BCUT2D eigenvalue weighted by atomic mass is 9.88.